The topological polar surface area (TPSA) is 53.9 Å². The molecule has 3 heterocycles. The van der Waals surface area contributed by atoms with Crippen molar-refractivity contribution >= 4 is 5.95 Å². The Bertz CT molecular complexity index is 647. The fourth-order valence-corrected chi connectivity index (χ4v) is 2.64. The lowest BCUT2D eigenvalue weighted by Crippen LogP contribution is -2.26. The van der Waals surface area contributed by atoms with Crippen molar-refractivity contribution in [3.8, 4) is 0 Å². The van der Waals surface area contributed by atoms with E-state index >= 15 is 0 Å². The number of hydrogen-bond donors (Lipinski definition) is 1. The minimum absolute atomic E-state index is 0.191. The van der Waals surface area contributed by atoms with Gasteiger partial charge < -0.3 is 5.32 Å². The number of nitrogens with one attached hydrogen (secondary N) is 1. The molecule has 0 unspecified atom stereocenters. The van der Waals surface area contributed by atoms with Crippen LogP contribution in [0.3, 0.4) is 0 Å². The van der Waals surface area contributed by atoms with Gasteiger partial charge >= 0.3 is 6.18 Å². The highest BCUT2D eigenvalue weighted by molar-refractivity contribution is 5.25. The summed E-state index contributed by atoms with van der Waals surface area (Å²) in [5, 5.41) is 3.23. The SMILES string of the molecule is FC(F)(F)c1cncc(CN2CC[C@H](Nc3ncccn3)C2)c1. The van der Waals surface area contributed by atoms with E-state index in [0.29, 0.717) is 18.1 Å². The number of pyridine rings is 1. The number of nitrogens with zero attached hydrogens (tertiary/aromatic N) is 4. The summed E-state index contributed by atoms with van der Waals surface area (Å²) in [5.41, 5.74) is -0.141. The molecule has 2 aromatic rings. The van der Waals surface area contributed by atoms with Crippen molar-refractivity contribution in [2.75, 3.05) is 18.4 Å². The number of hydrogen-bond acceptors (Lipinski definition) is 5. The first-order valence-corrected chi connectivity index (χ1v) is 7.28. The molecule has 1 saturated heterocycles. The van der Waals surface area contributed by atoms with Crippen LogP contribution in [0.5, 0.6) is 0 Å². The van der Waals surface area contributed by atoms with Crippen molar-refractivity contribution in [1.29, 1.82) is 0 Å². The normalized spacial score (nSPS) is 19.0. The largest absolute Gasteiger partial charge is 0.417 e. The highest BCUT2D eigenvalue weighted by Crippen LogP contribution is 2.29. The van der Waals surface area contributed by atoms with Gasteiger partial charge in [-0.3, -0.25) is 9.88 Å². The number of anilines is 1. The zero-order valence-corrected chi connectivity index (χ0v) is 12.3. The van der Waals surface area contributed by atoms with Gasteiger partial charge in [0.05, 0.1) is 5.56 Å². The summed E-state index contributed by atoms with van der Waals surface area (Å²) in [6.45, 7) is 1.99. The first-order chi connectivity index (χ1) is 11.0. The van der Waals surface area contributed by atoms with E-state index in [4.69, 9.17) is 0 Å². The standard InChI is InChI=1S/C15H16F3N5/c16-15(17,18)12-6-11(7-19-8-12)9-23-5-2-13(10-23)22-14-20-3-1-4-21-14/h1,3-4,6-8,13H,2,5,9-10H2,(H,20,21,22)/t13-/m0/s1. The van der Waals surface area contributed by atoms with Crippen LogP contribution in [0.15, 0.2) is 36.9 Å². The van der Waals surface area contributed by atoms with Gasteiger partial charge in [-0.05, 0) is 24.1 Å². The van der Waals surface area contributed by atoms with Crippen LogP contribution in [0.2, 0.25) is 0 Å². The highest BCUT2D eigenvalue weighted by Gasteiger charge is 2.31. The maximum absolute atomic E-state index is 12.7. The molecule has 1 fully saturated rings. The summed E-state index contributed by atoms with van der Waals surface area (Å²) in [7, 11) is 0. The molecule has 0 spiro atoms. The second kappa shape index (κ2) is 6.49. The highest BCUT2D eigenvalue weighted by atomic mass is 19.4. The summed E-state index contributed by atoms with van der Waals surface area (Å²) in [6.07, 6.45) is 2.20. The van der Waals surface area contributed by atoms with E-state index in [1.807, 2.05) is 0 Å². The van der Waals surface area contributed by atoms with Gasteiger partial charge in [0.15, 0.2) is 0 Å². The number of rotatable bonds is 4. The maximum atomic E-state index is 12.7. The molecule has 0 aromatic carbocycles. The van der Waals surface area contributed by atoms with Crippen LogP contribution < -0.4 is 5.32 Å². The third kappa shape index (κ3) is 4.16. The lowest BCUT2D eigenvalue weighted by molar-refractivity contribution is -0.137. The lowest BCUT2D eigenvalue weighted by Gasteiger charge is -2.17. The van der Waals surface area contributed by atoms with Crippen molar-refractivity contribution in [2.24, 2.45) is 0 Å². The van der Waals surface area contributed by atoms with E-state index in [2.05, 4.69) is 25.2 Å². The molecule has 8 heteroatoms. The number of aromatic nitrogens is 3. The Morgan fingerprint density at radius 3 is 2.74 bits per heavy atom. The molecule has 0 aliphatic carbocycles. The molecule has 1 aliphatic heterocycles. The van der Waals surface area contributed by atoms with E-state index in [-0.39, 0.29) is 6.04 Å². The average Bonchev–Trinajstić information content (AvgIpc) is 2.95. The van der Waals surface area contributed by atoms with Crippen LogP contribution in [0, 0.1) is 0 Å². The van der Waals surface area contributed by atoms with Crippen molar-refractivity contribution < 1.29 is 13.2 Å². The number of likely N-dealkylation sites (tertiary alicyclic amines) is 1. The lowest BCUT2D eigenvalue weighted by atomic mass is 10.2. The number of halogens is 3. The molecule has 1 atom stereocenters. The van der Waals surface area contributed by atoms with E-state index in [1.165, 1.54) is 6.20 Å². The third-order valence-electron chi connectivity index (χ3n) is 3.70. The minimum atomic E-state index is -4.36. The Kier molecular flexibility index (Phi) is 4.42. The van der Waals surface area contributed by atoms with Crippen LogP contribution >= 0.6 is 0 Å². The van der Waals surface area contributed by atoms with Gasteiger partial charge in [0.1, 0.15) is 0 Å². The predicted octanol–water partition coefficient (Wildman–Crippen LogP) is 2.58. The second-order valence-electron chi connectivity index (χ2n) is 5.52. The molecule has 122 valence electrons. The van der Waals surface area contributed by atoms with Crippen LogP contribution in [-0.4, -0.2) is 39.0 Å². The molecule has 0 saturated carbocycles. The summed E-state index contributed by atoms with van der Waals surface area (Å²) in [4.78, 5) is 14.0. The van der Waals surface area contributed by atoms with Crippen molar-refractivity contribution in [2.45, 2.75) is 25.2 Å². The molecule has 23 heavy (non-hydrogen) atoms. The second-order valence-corrected chi connectivity index (χ2v) is 5.52. The summed E-state index contributed by atoms with van der Waals surface area (Å²) < 4.78 is 38.1. The fraction of sp³-hybridized carbons (Fsp3) is 0.400. The Morgan fingerprint density at radius 1 is 1.22 bits per heavy atom. The van der Waals surface area contributed by atoms with Gasteiger partial charge in [-0.15, -0.1) is 0 Å². The minimum Gasteiger partial charge on any atom is -0.350 e. The first kappa shape index (κ1) is 15.7. The Balaban J connectivity index is 1.58. The van der Waals surface area contributed by atoms with Gasteiger partial charge in [0, 0.05) is 50.5 Å². The van der Waals surface area contributed by atoms with Gasteiger partial charge in [-0.1, -0.05) is 0 Å². The maximum Gasteiger partial charge on any atom is 0.417 e. The van der Waals surface area contributed by atoms with E-state index < -0.39 is 11.7 Å². The van der Waals surface area contributed by atoms with Crippen molar-refractivity contribution in [1.82, 2.24) is 19.9 Å². The van der Waals surface area contributed by atoms with Gasteiger partial charge in [-0.2, -0.15) is 13.2 Å². The van der Waals surface area contributed by atoms with Gasteiger partial charge in [0.2, 0.25) is 5.95 Å². The van der Waals surface area contributed by atoms with Gasteiger partial charge in [0.25, 0.3) is 0 Å². The smallest absolute Gasteiger partial charge is 0.350 e. The molecule has 1 N–H and O–H groups in total. The third-order valence-corrected chi connectivity index (χ3v) is 3.70. The van der Waals surface area contributed by atoms with Crippen molar-refractivity contribution in [3.63, 3.8) is 0 Å². The fourth-order valence-electron chi connectivity index (χ4n) is 2.64. The monoisotopic (exact) mass is 323 g/mol. The zero-order valence-electron chi connectivity index (χ0n) is 12.3. The number of alkyl halides is 3. The molecule has 5 nitrogen and oxygen atoms in total. The van der Waals surface area contributed by atoms with Crippen LogP contribution in [0.4, 0.5) is 19.1 Å². The van der Waals surface area contributed by atoms with Gasteiger partial charge in [-0.25, -0.2) is 9.97 Å². The molecule has 0 bridgehead atoms. The van der Waals surface area contributed by atoms with Crippen LogP contribution in [0.25, 0.3) is 0 Å². The zero-order chi connectivity index (χ0) is 16.3. The average molecular weight is 323 g/mol. The molecular formula is C15H16F3N5. The Morgan fingerprint density at radius 2 is 2.00 bits per heavy atom. The molecule has 0 amide bonds. The molecule has 0 radical (unpaired) electrons. The molecule has 2 aromatic heterocycles. The molecule has 3 rings (SSSR count). The van der Waals surface area contributed by atoms with Crippen molar-refractivity contribution in [3.05, 3.63) is 48.0 Å². The Labute approximate surface area is 131 Å². The predicted molar refractivity (Wildman–Crippen MR) is 78.6 cm³/mol. The summed E-state index contributed by atoms with van der Waals surface area (Å²) in [6, 6.07) is 3.09. The first-order valence-electron chi connectivity index (χ1n) is 7.28. The quantitative estimate of drug-likeness (QED) is 0.937. The van der Waals surface area contributed by atoms with Crippen LogP contribution in [0.1, 0.15) is 17.5 Å². The molecular weight excluding hydrogens is 307 g/mol. The van der Waals surface area contributed by atoms with E-state index in [0.717, 1.165) is 31.8 Å². The van der Waals surface area contributed by atoms with E-state index in [9.17, 15) is 13.2 Å². The summed E-state index contributed by atoms with van der Waals surface area (Å²) >= 11 is 0. The molecule has 1 aliphatic rings. The van der Waals surface area contributed by atoms with E-state index in [1.54, 1.807) is 18.5 Å². The Hall–Kier alpha value is -2.22. The summed E-state index contributed by atoms with van der Waals surface area (Å²) in [5.74, 6) is 0.570. The van der Waals surface area contributed by atoms with Crippen LogP contribution in [-0.2, 0) is 12.7 Å².